The Bertz CT molecular complexity index is 903. The van der Waals surface area contributed by atoms with Gasteiger partial charge in [-0.2, -0.15) is 0 Å². The van der Waals surface area contributed by atoms with E-state index in [-0.39, 0.29) is 5.91 Å². The molecular weight excluding hydrogens is 360 g/mol. The number of aromatic nitrogens is 2. The van der Waals surface area contributed by atoms with Crippen molar-refractivity contribution in [2.75, 3.05) is 26.7 Å². The number of fused-ring (bicyclic) bond motifs is 1. The van der Waals surface area contributed by atoms with E-state index in [0.29, 0.717) is 18.9 Å². The van der Waals surface area contributed by atoms with Gasteiger partial charge in [0, 0.05) is 38.5 Å². The highest BCUT2D eigenvalue weighted by Gasteiger charge is 2.26. The fourth-order valence-corrected chi connectivity index (χ4v) is 4.18. The minimum atomic E-state index is 0.242. The molecule has 0 bridgehead atoms. The van der Waals surface area contributed by atoms with E-state index in [2.05, 4.69) is 57.1 Å². The van der Waals surface area contributed by atoms with Crippen LogP contribution in [0.5, 0.6) is 0 Å². The summed E-state index contributed by atoms with van der Waals surface area (Å²) in [6.07, 6.45) is 4.47. The minimum Gasteiger partial charge on any atom is -0.342 e. The molecule has 0 saturated carbocycles. The molecule has 29 heavy (non-hydrogen) atoms. The second-order valence-corrected chi connectivity index (χ2v) is 8.05. The van der Waals surface area contributed by atoms with Gasteiger partial charge in [0.05, 0.1) is 11.0 Å². The number of imidazole rings is 1. The number of benzene rings is 2. The van der Waals surface area contributed by atoms with Gasteiger partial charge in [0.2, 0.25) is 5.91 Å². The lowest BCUT2D eigenvalue weighted by Crippen LogP contribution is -2.49. The molecule has 1 aliphatic rings. The summed E-state index contributed by atoms with van der Waals surface area (Å²) in [5.74, 6) is 1.14. The van der Waals surface area contributed by atoms with Crippen LogP contribution in [-0.2, 0) is 17.6 Å². The van der Waals surface area contributed by atoms with Crippen molar-refractivity contribution in [1.82, 2.24) is 19.8 Å². The SMILES string of the molecule is CN(CCc1ccccc1)[C@@H]1CCCN(C(=O)CCc2nc3ccccc3[nH]2)C1. The molecule has 5 heteroatoms. The molecule has 0 aliphatic carbocycles. The molecule has 0 spiro atoms. The summed E-state index contributed by atoms with van der Waals surface area (Å²) in [6.45, 7) is 2.74. The van der Waals surface area contributed by atoms with Gasteiger partial charge in [-0.1, -0.05) is 42.5 Å². The van der Waals surface area contributed by atoms with Crippen molar-refractivity contribution in [3.63, 3.8) is 0 Å². The first-order chi connectivity index (χ1) is 14.2. The number of rotatable bonds is 7. The number of carbonyl (C=O) groups is 1. The topological polar surface area (TPSA) is 52.2 Å². The van der Waals surface area contributed by atoms with Crippen molar-refractivity contribution in [2.24, 2.45) is 0 Å². The number of hydrogen-bond donors (Lipinski definition) is 1. The summed E-state index contributed by atoms with van der Waals surface area (Å²) in [4.78, 5) is 25.2. The Morgan fingerprint density at radius 3 is 2.76 bits per heavy atom. The smallest absolute Gasteiger partial charge is 0.223 e. The summed E-state index contributed by atoms with van der Waals surface area (Å²) in [6, 6.07) is 19.1. The number of likely N-dealkylation sites (N-methyl/N-ethyl adjacent to an activating group) is 1. The fraction of sp³-hybridized carbons (Fsp3) is 0.417. The normalized spacial score (nSPS) is 17.2. The van der Waals surface area contributed by atoms with E-state index >= 15 is 0 Å². The first kappa shape index (κ1) is 19.6. The lowest BCUT2D eigenvalue weighted by Gasteiger charge is -2.37. The number of piperidine rings is 1. The predicted octanol–water partition coefficient (Wildman–Crippen LogP) is 3.66. The Morgan fingerprint density at radius 1 is 1.14 bits per heavy atom. The van der Waals surface area contributed by atoms with Crippen LogP contribution in [0.25, 0.3) is 11.0 Å². The fourth-order valence-electron chi connectivity index (χ4n) is 4.18. The number of hydrogen-bond acceptors (Lipinski definition) is 3. The quantitative estimate of drug-likeness (QED) is 0.670. The molecule has 0 unspecified atom stereocenters. The molecule has 4 rings (SSSR count). The van der Waals surface area contributed by atoms with Crippen LogP contribution in [0.15, 0.2) is 54.6 Å². The predicted molar refractivity (Wildman–Crippen MR) is 117 cm³/mol. The zero-order valence-electron chi connectivity index (χ0n) is 17.2. The van der Waals surface area contributed by atoms with Gasteiger partial charge in [0.15, 0.2) is 0 Å². The van der Waals surface area contributed by atoms with Gasteiger partial charge in [-0.15, -0.1) is 0 Å². The monoisotopic (exact) mass is 390 g/mol. The molecule has 1 saturated heterocycles. The van der Waals surface area contributed by atoms with E-state index < -0.39 is 0 Å². The lowest BCUT2D eigenvalue weighted by molar-refractivity contribution is -0.133. The number of amides is 1. The van der Waals surface area contributed by atoms with E-state index in [0.717, 1.165) is 49.3 Å². The third-order valence-electron chi connectivity index (χ3n) is 5.98. The highest BCUT2D eigenvalue weighted by atomic mass is 16.2. The Morgan fingerprint density at radius 2 is 1.93 bits per heavy atom. The maximum absolute atomic E-state index is 12.8. The molecule has 1 amide bonds. The van der Waals surface area contributed by atoms with Gasteiger partial charge >= 0.3 is 0 Å². The van der Waals surface area contributed by atoms with Crippen molar-refractivity contribution in [2.45, 2.75) is 38.1 Å². The Balaban J connectivity index is 1.27. The summed E-state index contributed by atoms with van der Waals surface area (Å²) in [5, 5.41) is 0. The van der Waals surface area contributed by atoms with Crippen molar-refractivity contribution < 1.29 is 4.79 Å². The van der Waals surface area contributed by atoms with Crippen molar-refractivity contribution in [3.8, 4) is 0 Å². The van der Waals surface area contributed by atoms with Gasteiger partial charge < -0.3 is 14.8 Å². The zero-order chi connectivity index (χ0) is 20.1. The molecule has 152 valence electrons. The van der Waals surface area contributed by atoms with Crippen molar-refractivity contribution >= 4 is 16.9 Å². The molecule has 1 fully saturated rings. The number of carbonyl (C=O) groups excluding carboxylic acids is 1. The van der Waals surface area contributed by atoms with Crippen LogP contribution in [0.4, 0.5) is 0 Å². The van der Waals surface area contributed by atoms with Crippen LogP contribution in [0.3, 0.4) is 0 Å². The first-order valence-electron chi connectivity index (χ1n) is 10.6. The van der Waals surface area contributed by atoms with Crippen LogP contribution in [0.2, 0.25) is 0 Å². The number of para-hydroxylation sites is 2. The lowest BCUT2D eigenvalue weighted by atomic mass is 10.0. The molecule has 5 nitrogen and oxygen atoms in total. The van der Waals surface area contributed by atoms with Gasteiger partial charge in [-0.3, -0.25) is 4.79 Å². The molecule has 3 aromatic rings. The number of nitrogens with one attached hydrogen (secondary N) is 1. The number of likely N-dealkylation sites (tertiary alicyclic amines) is 1. The van der Waals surface area contributed by atoms with E-state index in [1.807, 2.05) is 24.3 Å². The summed E-state index contributed by atoms with van der Waals surface area (Å²) in [7, 11) is 2.19. The second-order valence-electron chi connectivity index (χ2n) is 8.05. The number of nitrogens with zero attached hydrogens (tertiary/aromatic N) is 3. The van der Waals surface area contributed by atoms with Crippen LogP contribution in [-0.4, -0.2) is 58.4 Å². The summed E-state index contributed by atoms with van der Waals surface area (Å²) < 4.78 is 0. The molecule has 1 aliphatic heterocycles. The zero-order valence-corrected chi connectivity index (χ0v) is 17.2. The molecule has 0 radical (unpaired) electrons. The van der Waals surface area contributed by atoms with Crippen LogP contribution in [0.1, 0.15) is 30.7 Å². The van der Waals surface area contributed by atoms with Gasteiger partial charge in [-0.25, -0.2) is 4.98 Å². The minimum absolute atomic E-state index is 0.242. The molecule has 1 atom stereocenters. The van der Waals surface area contributed by atoms with E-state index in [1.54, 1.807) is 0 Å². The third kappa shape index (κ3) is 5.04. The summed E-state index contributed by atoms with van der Waals surface area (Å²) >= 11 is 0. The average molecular weight is 391 g/mol. The van der Waals surface area contributed by atoms with Crippen LogP contribution in [0, 0.1) is 0 Å². The van der Waals surface area contributed by atoms with E-state index in [9.17, 15) is 4.79 Å². The first-order valence-corrected chi connectivity index (χ1v) is 10.6. The van der Waals surface area contributed by atoms with Gasteiger partial charge in [0.25, 0.3) is 0 Å². The Labute approximate surface area is 172 Å². The van der Waals surface area contributed by atoms with Crippen LogP contribution < -0.4 is 0 Å². The molecule has 2 aromatic carbocycles. The number of aromatic amines is 1. The number of aryl methyl sites for hydroxylation is 1. The second kappa shape index (κ2) is 9.23. The molecule has 1 N–H and O–H groups in total. The van der Waals surface area contributed by atoms with Crippen molar-refractivity contribution in [1.29, 1.82) is 0 Å². The molecule has 2 heterocycles. The van der Waals surface area contributed by atoms with E-state index in [4.69, 9.17) is 0 Å². The van der Waals surface area contributed by atoms with Crippen molar-refractivity contribution in [3.05, 3.63) is 66.0 Å². The Hall–Kier alpha value is -2.66. The van der Waals surface area contributed by atoms with Crippen LogP contribution >= 0.6 is 0 Å². The standard InChI is InChI=1S/C24H30N4O/c1-27(17-15-19-8-3-2-4-9-19)20-10-7-16-28(18-20)24(29)14-13-23-25-21-11-5-6-12-22(21)26-23/h2-6,8-9,11-12,20H,7,10,13-18H2,1H3,(H,25,26)/t20-/m1/s1. The molecule has 1 aromatic heterocycles. The third-order valence-corrected chi connectivity index (χ3v) is 5.98. The average Bonchev–Trinajstić information content (AvgIpc) is 3.19. The highest BCUT2D eigenvalue weighted by Crippen LogP contribution is 2.17. The van der Waals surface area contributed by atoms with Gasteiger partial charge in [0.1, 0.15) is 5.82 Å². The summed E-state index contributed by atoms with van der Waals surface area (Å²) in [5.41, 5.74) is 3.37. The molecular formula is C24H30N4O. The van der Waals surface area contributed by atoms with Gasteiger partial charge in [-0.05, 0) is 44.0 Å². The maximum atomic E-state index is 12.8. The Kier molecular flexibility index (Phi) is 6.25. The maximum Gasteiger partial charge on any atom is 0.223 e. The highest BCUT2D eigenvalue weighted by molar-refractivity contribution is 5.77. The number of H-pyrrole nitrogens is 1. The van der Waals surface area contributed by atoms with E-state index in [1.165, 1.54) is 12.0 Å². The largest absolute Gasteiger partial charge is 0.342 e.